The zero-order valence-electron chi connectivity index (χ0n) is 9.41. The molecule has 0 unspecified atom stereocenters. The van der Waals surface area contributed by atoms with E-state index in [-0.39, 0.29) is 9.23 Å². The van der Waals surface area contributed by atoms with Gasteiger partial charge in [-0.25, -0.2) is 8.42 Å². The van der Waals surface area contributed by atoms with Gasteiger partial charge in [0.1, 0.15) is 9.23 Å². The first-order chi connectivity index (χ1) is 8.23. The highest BCUT2D eigenvalue weighted by Crippen LogP contribution is 2.40. The highest BCUT2D eigenvalue weighted by Gasteiger charge is 2.22. The minimum atomic E-state index is -3.78. The molecule has 0 bridgehead atoms. The summed E-state index contributed by atoms with van der Waals surface area (Å²) in [4.78, 5) is -0.0826. The predicted octanol–water partition coefficient (Wildman–Crippen LogP) is 5.35. The number of hydrogen-bond acceptors (Lipinski definition) is 4. The van der Waals surface area contributed by atoms with E-state index in [4.69, 9.17) is 33.9 Å². The van der Waals surface area contributed by atoms with E-state index < -0.39 is 9.05 Å². The largest absolute Gasteiger partial charge is 0.263 e. The molecule has 0 aliphatic heterocycles. The zero-order chi connectivity index (χ0) is 13.9. The van der Waals surface area contributed by atoms with Crippen LogP contribution in [0.25, 0.3) is 0 Å². The Hall–Kier alpha value is 0.220. The summed E-state index contributed by atoms with van der Waals surface area (Å²) in [6, 6.07) is 2.10. The number of aryl methyl sites for hydroxylation is 1. The number of thiophene rings is 2. The molecule has 0 spiro atoms. The number of halogens is 3. The summed E-state index contributed by atoms with van der Waals surface area (Å²) in [6.07, 6.45) is 0. The highest BCUT2D eigenvalue weighted by atomic mass is 35.7. The van der Waals surface area contributed by atoms with Crippen LogP contribution in [0.3, 0.4) is 0 Å². The second kappa shape index (κ2) is 6.59. The van der Waals surface area contributed by atoms with Crippen molar-refractivity contribution in [1.82, 2.24) is 0 Å². The van der Waals surface area contributed by atoms with Crippen molar-refractivity contribution in [2.45, 2.75) is 18.7 Å². The van der Waals surface area contributed by atoms with Gasteiger partial charge in [-0.05, 0) is 36.2 Å². The van der Waals surface area contributed by atoms with Crippen LogP contribution in [0.1, 0.15) is 11.1 Å². The van der Waals surface area contributed by atoms with Crippen LogP contribution in [-0.2, 0) is 9.05 Å². The Kier molecular flexibility index (Phi) is 5.96. The molecule has 0 aliphatic rings. The van der Waals surface area contributed by atoms with Gasteiger partial charge in [0.05, 0.1) is 4.34 Å². The second-order valence-electron chi connectivity index (χ2n) is 3.34. The van der Waals surface area contributed by atoms with Crippen molar-refractivity contribution in [1.29, 1.82) is 0 Å². The van der Waals surface area contributed by atoms with Crippen molar-refractivity contribution in [2.24, 2.45) is 0 Å². The molecule has 0 saturated heterocycles. The summed E-state index contributed by atoms with van der Waals surface area (Å²) in [7, 11) is 1.34. The van der Waals surface area contributed by atoms with E-state index in [9.17, 15) is 8.42 Å². The molecular weight excluding hydrogens is 355 g/mol. The molecule has 2 aromatic heterocycles. The topological polar surface area (TPSA) is 34.1 Å². The lowest BCUT2D eigenvalue weighted by Crippen LogP contribution is -1.90. The van der Waals surface area contributed by atoms with E-state index >= 15 is 0 Å². The van der Waals surface area contributed by atoms with Crippen LogP contribution >= 0.6 is 56.6 Å². The summed E-state index contributed by atoms with van der Waals surface area (Å²) in [5.41, 5.74) is 1.77. The lowest BCUT2D eigenvalue weighted by Gasteiger charge is -1.93. The molecule has 0 atom stereocenters. The van der Waals surface area contributed by atoms with Gasteiger partial charge in [0, 0.05) is 16.2 Å². The molecule has 0 radical (unpaired) electrons. The van der Waals surface area contributed by atoms with Gasteiger partial charge in [0.2, 0.25) is 0 Å². The Morgan fingerprint density at radius 1 is 1.17 bits per heavy atom. The lowest BCUT2D eigenvalue weighted by atomic mass is 10.4. The third-order valence-electron chi connectivity index (χ3n) is 1.90. The smallest absolute Gasteiger partial charge is 0.207 e. The number of rotatable bonds is 1. The summed E-state index contributed by atoms with van der Waals surface area (Å²) < 4.78 is 22.3. The maximum atomic E-state index is 10.9. The third kappa shape index (κ3) is 4.40. The maximum Gasteiger partial charge on any atom is 0.263 e. The van der Waals surface area contributed by atoms with Crippen molar-refractivity contribution in [3.05, 3.63) is 36.6 Å². The zero-order valence-corrected chi connectivity index (χ0v) is 14.1. The fraction of sp³-hybridized carbons (Fsp3) is 0.200. The molecule has 0 N–H and O–H groups in total. The van der Waals surface area contributed by atoms with Gasteiger partial charge < -0.3 is 0 Å². The van der Waals surface area contributed by atoms with E-state index in [2.05, 4.69) is 23.8 Å². The number of hydrogen-bond donors (Lipinski definition) is 0. The molecule has 100 valence electrons. The van der Waals surface area contributed by atoms with Crippen LogP contribution in [0.4, 0.5) is 0 Å². The quantitative estimate of drug-likeness (QED) is 0.640. The summed E-state index contributed by atoms with van der Waals surface area (Å²) >= 11 is 14.0. The van der Waals surface area contributed by atoms with Gasteiger partial charge in [0.25, 0.3) is 9.05 Å². The normalized spacial score (nSPS) is 10.9. The Bertz CT molecular complexity index is 615. The molecule has 0 amide bonds. The highest BCUT2D eigenvalue weighted by molar-refractivity contribution is 8.14. The van der Waals surface area contributed by atoms with Crippen molar-refractivity contribution in [3.8, 4) is 0 Å². The molecule has 0 saturated carbocycles. The molecule has 8 heteroatoms. The molecule has 2 aromatic rings. The van der Waals surface area contributed by atoms with E-state index in [0.717, 1.165) is 11.3 Å². The van der Waals surface area contributed by atoms with E-state index in [0.29, 0.717) is 9.90 Å². The summed E-state index contributed by atoms with van der Waals surface area (Å²) in [5.74, 6) is 0. The van der Waals surface area contributed by atoms with Crippen molar-refractivity contribution in [3.63, 3.8) is 0 Å². The fourth-order valence-electron chi connectivity index (χ4n) is 1.05. The average Bonchev–Trinajstić information content (AvgIpc) is 2.75. The first-order valence-electron chi connectivity index (χ1n) is 4.61. The van der Waals surface area contributed by atoms with Gasteiger partial charge >= 0.3 is 0 Å². The van der Waals surface area contributed by atoms with Crippen LogP contribution < -0.4 is 0 Å². The summed E-state index contributed by atoms with van der Waals surface area (Å²) in [5, 5.41) is 4.20. The van der Waals surface area contributed by atoms with Crippen molar-refractivity contribution in [2.75, 3.05) is 0 Å². The Labute approximate surface area is 129 Å². The minimum absolute atomic E-state index is 0.0826. The Morgan fingerprint density at radius 3 is 1.94 bits per heavy atom. The van der Waals surface area contributed by atoms with Gasteiger partial charge in [0.15, 0.2) is 0 Å². The molecule has 18 heavy (non-hydrogen) atoms. The van der Waals surface area contributed by atoms with E-state index in [1.807, 2.05) is 0 Å². The van der Waals surface area contributed by atoms with Crippen LogP contribution in [0.15, 0.2) is 21.7 Å². The Morgan fingerprint density at radius 2 is 1.78 bits per heavy atom. The molecule has 0 fully saturated rings. The third-order valence-corrected chi connectivity index (χ3v) is 6.21. The Balaban J connectivity index is 0.000000225. The standard InChI is InChI=1S/C5H3Cl3O2S2.C5H6S/c1-2-3(12(8,9)10)5(7)11-4(2)6;1-5-2-3-6-4-5/h1H3;2-4H,1H3. The van der Waals surface area contributed by atoms with E-state index in [1.54, 1.807) is 18.3 Å². The van der Waals surface area contributed by atoms with Gasteiger partial charge in [-0.15, -0.1) is 11.3 Å². The molecular formula is C10H9Cl3O2S3. The van der Waals surface area contributed by atoms with Crippen LogP contribution in [-0.4, -0.2) is 8.42 Å². The minimum Gasteiger partial charge on any atom is -0.207 e. The van der Waals surface area contributed by atoms with Crippen molar-refractivity contribution < 1.29 is 8.42 Å². The SMILES string of the molecule is Cc1c(Cl)sc(Cl)c1S(=O)(=O)Cl.Cc1ccsc1. The fourth-order valence-corrected chi connectivity index (χ4v) is 5.56. The molecule has 2 rings (SSSR count). The van der Waals surface area contributed by atoms with Crippen molar-refractivity contribution >= 4 is 65.6 Å². The van der Waals surface area contributed by atoms with Gasteiger partial charge in [-0.3, -0.25) is 0 Å². The van der Waals surface area contributed by atoms with Gasteiger partial charge in [-0.1, -0.05) is 23.2 Å². The maximum absolute atomic E-state index is 10.9. The predicted molar refractivity (Wildman–Crippen MR) is 81.2 cm³/mol. The first-order valence-corrected chi connectivity index (χ1v) is 9.43. The second-order valence-corrected chi connectivity index (χ2v) is 8.85. The van der Waals surface area contributed by atoms with Crippen LogP contribution in [0.5, 0.6) is 0 Å². The molecule has 0 aliphatic carbocycles. The van der Waals surface area contributed by atoms with Crippen LogP contribution in [0, 0.1) is 13.8 Å². The molecule has 0 aromatic carbocycles. The van der Waals surface area contributed by atoms with Crippen LogP contribution in [0.2, 0.25) is 8.67 Å². The van der Waals surface area contributed by atoms with Gasteiger partial charge in [-0.2, -0.15) is 11.3 Å². The first kappa shape index (κ1) is 16.3. The average molecular weight is 364 g/mol. The molecule has 2 heterocycles. The van der Waals surface area contributed by atoms with E-state index in [1.165, 1.54) is 5.56 Å². The molecule has 2 nitrogen and oxygen atoms in total. The lowest BCUT2D eigenvalue weighted by molar-refractivity contribution is 0.609. The summed E-state index contributed by atoms with van der Waals surface area (Å²) in [6.45, 7) is 3.65. The monoisotopic (exact) mass is 362 g/mol.